The Morgan fingerprint density at radius 2 is 2.14 bits per heavy atom. The van der Waals surface area contributed by atoms with E-state index in [0.29, 0.717) is 6.42 Å². The van der Waals surface area contributed by atoms with Gasteiger partial charge >= 0.3 is 0 Å². The predicted molar refractivity (Wildman–Crippen MR) is 57.0 cm³/mol. The second-order valence-electron chi connectivity index (χ2n) is 3.12. The molecule has 0 aliphatic rings. The molecule has 0 saturated carbocycles. The van der Waals surface area contributed by atoms with Crippen molar-refractivity contribution in [2.45, 2.75) is 19.4 Å². The van der Waals surface area contributed by atoms with E-state index < -0.39 is 0 Å². The first kappa shape index (κ1) is 13.4. The number of benzene rings is 1. The molecule has 0 amide bonds. The van der Waals surface area contributed by atoms with Crippen LogP contribution in [0.25, 0.3) is 0 Å². The molecular formula is C10H15ClFNO. The van der Waals surface area contributed by atoms with Gasteiger partial charge in [-0.05, 0) is 36.6 Å². The van der Waals surface area contributed by atoms with Gasteiger partial charge in [-0.3, -0.25) is 0 Å². The average Bonchev–Trinajstić information content (AvgIpc) is 2.04. The van der Waals surface area contributed by atoms with Crippen LogP contribution in [0.5, 0.6) is 0 Å². The molecule has 0 bridgehead atoms. The first-order valence-electron chi connectivity index (χ1n) is 4.27. The van der Waals surface area contributed by atoms with Crippen molar-refractivity contribution in [3.05, 3.63) is 35.1 Å². The van der Waals surface area contributed by atoms with Crippen molar-refractivity contribution in [2.24, 2.45) is 5.73 Å². The molecule has 80 valence electrons. The first-order chi connectivity index (χ1) is 6.15. The van der Waals surface area contributed by atoms with E-state index >= 15 is 0 Å². The Hall–Kier alpha value is -0.640. The second-order valence-corrected chi connectivity index (χ2v) is 3.12. The Morgan fingerprint density at radius 3 is 2.64 bits per heavy atom. The maximum atomic E-state index is 12.7. The van der Waals surface area contributed by atoms with Gasteiger partial charge in [-0.15, -0.1) is 12.4 Å². The van der Waals surface area contributed by atoms with Gasteiger partial charge in [-0.25, -0.2) is 4.39 Å². The third-order valence-corrected chi connectivity index (χ3v) is 2.07. The van der Waals surface area contributed by atoms with Gasteiger partial charge in [-0.1, -0.05) is 6.07 Å². The Balaban J connectivity index is 0.00000169. The minimum absolute atomic E-state index is 0. The number of hydrogen-bond acceptors (Lipinski definition) is 2. The first-order valence-corrected chi connectivity index (χ1v) is 4.27. The zero-order chi connectivity index (χ0) is 9.84. The summed E-state index contributed by atoms with van der Waals surface area (Å²) >= 11 is 0. The lowest BCUT2D eigenvalue weighted by Gasteiger charge is -2.13. The molecule has 0 heterocycles. The van der Waals surface area contributed by atoms with Gasteiger partial charge in [0.15, 0.2) is 0 Å². The molecule has 0 spiro atoms. The SMILES string of the molecule is Cc1cc(F)ccc1[C@H](N)CCO.Cl. The highest BCUT2D eigenvalue weighted by molar-refractivity contribution is 5.85. The number of aliphatic hydroxyl groups excluding tert-OH is 1. The van der Waals surface area contributed by atoms with Gasteiger partial charge in [0, 0.05) is 12.6 Å². The van der Waals surface area contributed by atoms with Crippen LogP contribution in [-0.2, 0) is 0 Å². The minimum atomic E-state index is -0.252. The van der Waals surface area contributed by atoms with Crippen molar-refractivity contribution < 1.29 is 9.50 Å². The molecule has 2 nitrogen and oxygen atoms in total. The lowest BCUT2D eigenvalue weighted by molar-refractivity contribution is 0.276. The summed E-state index contributed by atoms with van der Waals surface area (Å²) in [5.41, 5.74) is 7.51. The van der Waals surface area contributed by atoms with Crippen LogP contribution in [0.4, 0.5) is 4.39 Å². The molecule has 3 N–H and O–H groups in total. The number of nitrogens with two attached hydrogens (primary N) is 1. The molecule has 0 aromatic heterocycles. The van der Waals surface area contributed by atoms with Crippen molar-refractivity contribution in [3.63, 3.8) is 0 Å². The van der Waals surface area contributed by atoms with E-state index in [1.807, 2.05) is 6.92 Å². The standard InChI is InChI=1S/C10H14FNO.ClH/c1-7-6-8(11)2-3-9(7)10(12)4-5-13;/h2-3,6,10,13H,4-5,12H2,1H3;1H/t10-;/m1./s1. The molecule has 0 unspecified atom stereocenters. The van der Waals surface area contributed by atoms with E-state index in [1.54, 1.807) is 6.07 Å². The summed E-state index contributed by atoms with van der Waals surface area (Å²) in [4.78, 5) is 0. The largest absolute Gasteiger partial charge is 0.396 e. The topological polar surface area (TPSA) is 46.2 Å². The fraction of sp³-hybridized carbons (Fsp3) is 0.400. The van der Waals surface area contributed by atoms with Crippen molar-refractivity contribution in [3.8, 4) is 0 Å². The fourth-order valence-electron chi connectivity index (χ4n) is 1.35. The molecule has 1 rings (SSSR count). The Kier molecular flexibility index (Phi) is 5.69. The average molecular weight is 220 g/mol. The zero-order valence-electron chi connectivity index (χ0n) is 8.03. The highest BCUT2D eigenvalue weighted by atomic mass is 35.5. The van der Waals surface area contributed by atoms with Crippen LogP contribution >= 0.6 is 12.4 Å². The van der Waals surface area contributed by atoms with Gasteiger partial charge in [0.25, 0.3) is 0 Å². The summed E-state index contributed by atoms with van der Waals surface area (Å²) in [6.07, 6.45) is 0.506. The summed E-state index contributed by atoms with van der Waals surface area (Å²) < 4.78 is 12.7. The van der Waals surface area contributed by atoms with Crippen LogP contribution in [0.1, 0.15) is 23.6 Å². The number of halogens is 2. The molecule has 1 aromatic carbocycles. The van der Waals surface area contributed by atoms with Crippen LogP contribution in [-0.4, -0.2) is 11.7 Å². The summed E-state index contributed by atoms with van der Waals surface area (Å²) in [7, 11) is 0. The van der Waals surface area contributed by atoms with E-state index in [9.17, 15) is 4.39 Å². The number of aryl methyl sites for hydroxylation is 1. The van der Waals surface area contributed by atoms with Gasteiger partial charge in [0.2, 0.25) is 0 Å². The summed E-state index contributed by atoms with van der Waals surface area (Å²) in [5.74, 6) is -0.252. The molecule has 0 fully saturated rings. The van der Waals surface area contributed by atoms with Crippen LogP contribution < -0.4 is 5.73 Å². The molecular weight excluding hydrogens is 205 g/mol. The predicted octanol–water partition coefficient (Wildman–Crippen LogP) is 1.94. The molecule has 0 radical (unpaired) electrons. The molecule has 1 aromatic rings. The molecule has 1 atom stereocenters. The smallest absolute Gasteiger partial charge is 0.123 e. The highest BCUT2D eigenvalue weighted by Gasteiger charge is 2.08. The molecule has 0 aliphatic heterocycles. The summed E-state index contributed by atoms with van der Waals surface area (Å²) in [6.45, 7) is 1.87. The van der Waals surface area contributed by atoms with Crippen LogP contribution in [0.2, 0.25) is 0 Å². The van der Waals surface area contributed by atoms with Gasteiger partial charge in [0.05, 0.1) is 0 Å². The summed E-state index contributed by atoms with van der Waals surface area (Å²) in [5, 5.41) is 8.69. The zero-order valence-corrected chi connectivity index (χ0v) is 8.85. The van der Waals surface area contributed by atoms with Crippen LogP contribution in [0.15, 0.2) is 18.2 Å². The van der Waals surface area contributed by atoms with E-state index in [0.717, 1.165) is 11.1 Å². The molecule has 0 saturated heterocycles. The van der Waals surface area contributed by atoms with Gasteiger partial charge in [-0.2, -0.15) is 0 Å². The number of rotatable bonds is 3. The third-order valence-electron chi connectivity index (χ3n) is 2.07. The Morgan fingerprint density at radius 1 is 1.50 bits per heavy atom. The number of hydrogen-bond donors (Lipinski definition) is 2. The van der Waals surface area contributed by atoms with Gasteiger partial charge in [0.1, 0.15) is 5.82 Å². The Bertz CT molecular complexity index is 293. The quantitative estimate of drug-likeness (QED) is 0.816. The lowest BCUT2D eigenvalue weighted by atomic mass is 10.00. The van der Waals surface area contributed by atoms with Gasteiger partial charge < -0.3 is 10.8 Å². The lowest BCUT2D eigenvalue weighted by Crippen LogP contribution is -2.13. The minimum Gasteiger partial charge on any atom is -0.396 e. The highest BCUT2D eigenvalue weighted by Crippen LogP contribution is 2.18. The van der Waals surface area contributed by atoms with Crippen molar-refractivity contribution >= 4 is 12.4 Å². The van der Waals surface area contributed by atoms with Crippen molar-refractivity contribution in [2.75, 3.05) is 6.61 Å². The van der Waals surface area contributed by atoms with E-state index in [2.05, 4.69) is 0 Å². The molecule has 4 heteroatoms. The molecule has 0 aliphatic carbocycles. The summed E-state index contributed by atoms with van der Waals surface area (Å²) in [6, 6.07) is 4.31. The van der Waals surface area contributed by atoms with Crippen molar-refractivity contribution in [1.29, 1.82) is 0 Å². The third kappa shape index (κ3) is 3.25. The molecule has 14 heavy (non-hydrogen) atoms. The Labute approximate surface area is 89.3 Å². The van der Waals surface area contributed by atoms with Crippen molar-refractivity contribution in [1.82, 2.24) is 0 Å². The van der Waals surface area contributed by atoms with E-state index in [1.165, 1.54) is 12.1 Å². The fourth-order valence-corrected chi connectivity index (χ4v) is 1.35. The normalized spacial score (nSPS) is 12.0. The number of aliphatic hydroxyl groups is 1. The van der Waals surface area contributed by atoms with Crippen LogP contribution in [0.3, 0.4) is 0 Å². The van der Waals surface area contributed by atoms with Crippen LogP contribution in [0, 0.1) is 12.7 Å². The second kappa shape index (κ2) is 5.96. The van der Waals surface area contributed by atoms with E-state index in [4.69, 9.17) is 10.8 Å². The maximum absolute atomic E-state index is 12.7. The monoisotopic (exact) mass is 219 g/mol. The maximum Gasteiger partial charge on any atom is 0.123 e. The van der Waals surface area contributed by atoms with E-state index in [-0.39, 0.29) is 30.9 Å².